The Morgan fingerprint density at radius 3 is 2.41 bits per heavy atom. The lowest BCUT2D eigenvalue weighted by Gasteiger charge is -2.39. The highest BCUT2D eigenvalue weighted by atomic mass is 16.6. The number of rotatable bonds is 7. The van der Waals surface area contributed by atoms with Crippen molar-refractivity contribution in [1.82, 2.24) is 10.6 Å². The first-order valence-electron chi connectivity index (χ1n) is 11.7. The molecule has 2 aromatic carbocycles. The van der Waals surface area contributed by atoms with Gasteiger partial charge in [-0.3, -0.25) is 9.59 Å². The van der Waals surface area contributed by atoms with Gasteiger partial charge in [-0.2, -0.15) is 0 Å². The number of ether oxygens (including phenoxy) is 1. The van der Waals surface area contributed by atoms with Gasteiger partial charge in [0.1, 0.15) is 0 Å². The van der Waals surface area contributed by atoms with Gasteiger partial charge in [0, 0.05) is 31.7 Å². The number of anilines is 1. The molecule has 182 valence electrons. The molecule has 0 aliphatic carbocycles. The molecule has 0 bridgehead atoms. The quantitative estimate of drug-likeness (QED) is 0.579. The van der Waals surface area contributed by atoms with E-state index in [0.717, 1.165) is 27.9 Å². The monoisotopic (exact) mass is 466 g/mol. The third-order valence-electron chi connectivity index (χ3n) is 5.77. The molecule has 0 saturated carbocycles. The molecule has 1 aliphatic rings. The van der Waals surface area contributed by atoms with Crippen molar-refractivity contribution in [3.05, 3.63) is 53.6 Å². The van der Waals surface area contributed by atoms with E-state index in [9.17, 15) is 14.4 Å². The Morgan fingerprint density at radius 2 is 1.79 bits per heavy atom. The summed E-state index contributed by atoms with van der Waals surface area (Å²) in [5.41, 5.74) is 9.93. The Labute approximate surface area is 200 Å². The number of hydrogen-bond acceptors (Lipinski definition) is 5. The fraction of sp³-hybridized carbons (Fsp3) is 0.423. The van der Waals surface area contributed by atoms with E-state index in [1.807, 2.05) is 49.4 Å². The molecule has 34 heavy (non-hydrogen) atoms. The Morgan fingerprint density at radius 1 is 1.12 bits per heavy atom. The van der Waals surface area contributed by atoms with E-state index in [0.29, 0.717) is 25.9 Å². The van der Waals surface area contributed by atoms with Gasteiger partial charge in [-0.1, -0.05) is 30.3 Å². The Kier molecular flexibility index (Phi) is 8.28. The van der Waals surface area contributed by atoms with Crippen molar-refractivity contribution < 1.29 is 19.1 Å². The summed E-state index contributed by atoms with van der Waals surface area (Å²) in [5, 5.41) is 5.74. The number of amides is 3. The molecule has 4 N–H and O–H groups in total. The van der Waals surface area contributed by atoms with E-state index in [2.05, 4.69) is 10.6 Å². The third-order valence-corrected chi connectivity index (χ3v) is 5.77. The molecule has 1 heterocycles. The predicted molar refractivity (Wildman–Crippen MR) is 132 cm³/mol. The first-order chi connectivity index (χ1) is 16.2. The van der Waals surface area contributed by atoms with Crippen LogP contribution in [-0.2, 0) is 20.7 Å². The van der Waals surface area contributed by atoms with Gasteiger partial charge in [-0.05, 0) is 61.6 Å². The average molecular weight is 467 g/mol. The lowest BCUT2D eigenvalue weighted by Crippen LogP contribution is -2.45. The van der Waals surface area contributed by atoms with Crippen LogP contribution in [0, 0.1) is 0 Å². The van der Waals surface area contributed by atoms with Crippen LogP contribution in [0.5, 0.6) is 0 Å². The number of benzene rings is 2. The van der Waals surface area contributed by atoms with Crippen molar-refractivity contribution in [2.45, 2.75) is 58.7 Å². The highest BCUT2D eigenvalue weighted by Gasteiger charge is 2.33. The van der Waals surface area contributed by atoms with Crippen LogP contribution in [0.4, 0.5) is 10.5 Å². The van der Waals surface area contributed by atoms with Gasteiger partial charge in [0.2, 0.25) is 11.8 Å². The number of carbonyl (C=O) groups excluding carboxylic acids is 3. The van der Waals surface area contributed by atoms with E-state index < -0.39 is 6.09 Å². The molecule has 2 atom stereocenters. The molecule has 3 rings (SSSR count). The molecule has 2 aromatic rings. The van der Waals surface area contributed by atoms with Crippen LogP contribution >= 0.6 is 0 Å². The second-order valence-electron chi connectivity index (χ2n) is 8.91. The minimum Gasteiger partial charge on any atom is -0.447 e. The smallest absolute Gasteiger partial charge is 0.407 e. The molecule has 8 nitrogen and oxygen atoms in total. The van der Waals surface area contributed by atoms with E-state index in [1.54, 1.807) is 25.7 Å². The fourth-order valence-corrected chi connectivity index (χ4v) is 4.33. The van der Waals surface area contributed by atoms with Gasteiger partial charge in [0.25, 0.3) is 0 Å². The highest BCUT2D eigenvalue weighted by Crippen LogP contribution is 2.39. The second-order valence-corrected chi connectivity index (χ2v) is 8.91. The third kappa shape index (κ3) is 6.14. The molecule has 3 amide bonds. The number of nitrogens with zero attached hydrogens (tertiary/aromatic N) is 1. The maximum atomic E-state index is 12.4. The standard InChI is InChI=1S/C26H34N4O4/c1-16(2)34-26(33)29-23-13-17(3)30(18(4)31)24-10-9-21(15-22(23)24)20-7-5-19(6-8-20)14-25(32)28-12-11-27/h5-10,15-17,23H,11-14,27H2,1-4H3,(H,28,32)(H,29,33)/t17-,23?/m0/s1. The van der Waals surface area contributed by atoms with Crippen LogP contribution in [0.1, 0.15) is 51.3 Å². The van der Waals surface area contributed by atoms with Gasteiger partial charge in [-0.15, -0.1) is 0 Å². The minimum absolute atomic E-state index is 0.0398. The molecule has 0 saturated heterocycles. The van der Waals surface area contributed by atoms with Gasteiger partial charge in [-0.25, -0.2) is 4.79 Å². The summed E-state index contributed by atoms with van der Waals surface area (Å²) in [6, 6.07) is 13.4. The summed E-state index contributed by atoms with van der Waals surface area (Å²) in [6.45, 7) is 8.01. The SMILES string of the molecule is CC(=O)N1c2ccc(-c3ccc(CC(=O)NCCN)cc3)cc2C(NC(=O)OC(C)C)C[C@@H]1C. The fourth-order valence-electron chi connectivity index (χ4n) is 4.33. The number of hydrogen-bond donors (Lipinski definition) is 3. The van der Waals surface area contributed by atoms with Gasteiger partial charge >= 0.3 is 6.09 Å². The van der Waals surface area contributed by atoms with E-state index in [-0.39, 0.29) is 30.0 Å². The molecule has 0 radical (unpaired) electrons. The topological polar surface area (TPSA) is 114 Å². The zero-order valence-electron chi connectivity index (χ0n) is 20.3. The zero-order valence-corrected chi connectivity index (χ0v) is 20.3. The number of alkyl carbamates (subject to hydrolysis) is 1. The summed E-state index contributed by atoms with van der Waals surface area (Å²) in [5.74, 6) is -0.102. The maximum absolute atomic E-state index is 12.4. The first kappa shape index (κ1) is 25.2. The molecule has 0 spiro atoms. The number of nitrogens with one attached hydrogen (secondary N) is 2. The van der Waals surface area contributed by atoms with Crippen molar-refractivity contribution in [2.24, 2.45) is 5.73 Å². The van der Waals surface area contributed by atoms with E-state index in [4.69, 9.17) is 10.5 Å². The largest absolute Gasteiger partial charge is 0.447 e. The number of carbonyl (C=O) groups is 3. The van der Waals surface area contributed by atoms with Crippen LogP contribution in [0.15, 0.2) is 42.5 Å². The van der Waals surface area contributed by atoms with Crippen LogP contribution in [-0.4, -0.2) is 43.1 Å². The van der Waals surface area contributed by atoms with Crippen LogP contribution in [0.25, 0.3) is 11.1 Å². The lowest BCUT2D eigenvalue weighted by atomic mass is 9.89. The highest BCUT2D eigenvalue weighted by molar-refractivity contribution is 5.94. The van der Waals surface area contributed by atoms with Gasteiger partial charge < -0.3 is 26.0 Å². The second kappa shape index (κ2) is 11.2. The Hall–Kier alpha value is -3.39. The first-order valence-corrected chi connectivity index (χ1v) is 11.7. The van der Waals surface area contributed by atoms with Crippen molar-refractivity contribution in [1.29, 1.82) is 0 Å². The molecule has 0 aromatic heterocycles. The predicted octanol–water partition coefficient (Wildman–Crippen LogP) is 3.29. The number of fused-ring (bicyclic) bond motifs is 1. The number of nitrogens with two attached hydrogens (primary N) is 1. The van der Waals surface area contributed by atoms with E-state index >= 15 is 0 Å². The Balaban J connectivity index is 1.88. The maximum Gasteiger partial charge on any atom is 0.407 e. The van der Waals surface area contributed by atoms with Crippen molar-refractivity contribution in [3.63, 3.8) is 0 Å². The molecular weight excluding hydrogens is 432 g/mol. The molecular formula is C26H34N4O4. The molecule has 1 aliphatic heterocycles. The average Bonchev–Trinajstić information content (AvgIpc) is 2.77. The summed E-state index contributed by atoms with van der Waals surface area (Å²) in [4.78, 5) is 38.4. The summed E-state index contributed by atoms with van der Waals surface area (Å²) >= 11 is 0. The van der Waals surface area contributed by atoms with Crippen LogP contribution in [0.3, 0.4) is 0 Å². The van der Waals surface area contributed by atoms with Gasteiger partial charge in [0.15, 0.2) is 0 Å². The summed E-state index contributed by atoms with van der Waals surface area (Å²) in [7, 11) is 0. The van der Waals surface area contributed by atoms with Crippen molar-refractivity contribution in [2.75, 3.05) is 18.0 Å². The lowest BCUT2D eigenvalue weighted by molar-refractivity contribution is -0.120. The van der Waals surface area contributed by atoms with Crippen LogP contribution in [0.2, 0.25) is 0 Å². The van der Waals surface area contributed by atoms with Gasteiger partial charge in [0.05, 0.1) is 18.6 Å². The normalized spacial score (nSPS) is 17.2. The molecule has 1 unspecified atom stereocenters. The molecule has 8 heteroatoms. The summed E-state index contributed by atoms with van der Waals surface area (Å²) in [6.07, 6.45) is 0.175. The van der Waals surface area contributed by atoms with Crippen molar-refractivity contribution >= 4 is 23.6 Å². The zero-order chi connectivity index (χ0) is 24.8. The van der Waals surface area contributed by atoms with Crippen molar-refractivity contribution in [3.8, 4) is 11.1 Å². The summed E-state index contributed by atoms with van der Waals surface area (Å²) < 4.78 is 5.29. The molecule has 0 fully saturated rings. The Bertz CT molecular complexity index is 1040. The minimum atomic E-state index is -0.475. The van der Waals surface area contributed by atoms with E-state index in [1.165, 1.54) is 0 Å². The van der Waals surface area contributed by atoms with Crippen LogP contribution < -0.4 is 21.3 Å².